The summed E-state index contributed by atoms with van der Waals surface area (Å²) < 4.78 is 31.2. The Morgan fingerprint density at radius 1 is 1.27 bits per heavy atom. The number of sulfone groups is 1. The van der Waals surface area contributed by atoms with Gasteiger partial charge in [-0.3, -0.25) is 4.79 Å². The van der Waals surface area contributed by atoms with Crippen LogP contribution < -0.4 is 10.2 Å². The molecule has 0 aliphatic carbocycles. The van der Waals surface area contributed by atoms with E-state index < -0.39 is 9.84 Å². The van der Waals surface area contributed by atoms with Crippen LogP contribution in [0.5, 0.6) is 0 Å². The van der Waals surface area contributed by atoms with Crippen molar-refractivity contribution < 1.29 is 13.2 Å². The molecule has 0 atom stereocenters. The van der Waals surface area contributed by atoms with E-state index >= 15 is 0 Å². The fourth-order valence-corrected chi connectivity index (χ4v) is 4.08. The summed E-state index contributed by atoms with van der Waals surface area (Å²) >= 11 is 1.21. The van der Waals surface area contributed by atoms with Crippen molar-refractivity contribution in [3.05, 3.63) is 36.0 Å². The van der Waals surface area contributed by atoms with Crippen LogP contribution >= 0.6 is 11.7 Å². The van der Waals surface area contributed by atoms with E-state index in [1.807, 2.05) is 0 Å². The summed E-state index contributed by atoms with van der Waals surface area (Å²) in [5, 5.41) is 3.10. The lowest BCUT2D eigenvalue weighted by Gasteiger charge is -2.32. The largest absolute Gasteiger partial charge is 0.354 e. The molecule has 26 heavy (non-hydrogen) atoms. The molecule has 1 aromatic carbocycles. The molecule has 1 saturated heterocycles. The van der Waals surface area contributed by atoms with E-state index in [1.54, 1.807) is 30.5 Å². The topological polar surface area (TPSA) is 92.3 Å². The number of piperidine rings is 1. The van der Waals surface area contributed by atoms with Crippen molar-refractivity contribution >= 4 is 33.3 Å². The first-order chi connectivity index (χ1) is 12.4. The van der Waals surface area contributed by atoms with Crippen LogP contribution in [0.25, 0.3) is 0 Å². The second kappa shape index (κ2) is 8.13. The Balaban J connectivity index is 1.42. The van der Waals surface area contributed by atoms with E-state index in [0.717, 1.165) is 37.3 Å². The summed E-state index contributed by atoms with van der Waals surface area (Å²) in [5.41, 5.74) is 0.957. The summed E-state index contributed by atoms with van der Waals surface area (Å²) in [6, 6.07) is 6.91. The zero-order valence-corrected chi connectivity index (χ0v) is 16.2. The van der Waals surface area contributed by atoms with Crippen molar-refractivity contribution in [1.29, 1.82) is 0 Å². The van der Waals surface area contributed by atoms with Gasteiger partial charge in [-0.1, -0.05) is 12.1 Å². The van der Waals surface area contributed by atoms with Crippen molar-refractivity contribution in [3.8, 4) is 0 Å². The number of amides is 1. The monoisotopic (exact) mass is 394 g/mol. The standard InChI is InChI=1S/C17H22N4O3S2/c1-26(23,24)15-5-2-13(3-6-15)4-7-17(22)19-14-8-10-21(11-9-14)16-12-18-25-20-16/h2-3,5-6,12,14H,4,7-11H2,1H3,(H,19,22). The number of hydrogen-bond acceptors (Lipinski definition) is 7. The third kappa shape index (κ3) is 5.01. The smallest absolute Gasteiger partial charge is 0.220 e. The summed E-state index contributed by atoms with van der Waals surface area (Å²) in [4.78, 5) is 14.7. The van der Waals surface area contributed by atoms with Gasteiger partial charge in [0.15, 0.2) is 15.7 Å². The first-order valence-corrected chi connectivity index (χ1v) is 11.1. The zero-order chi connectivity index (χ0) is 18.6. The van der Waals surface area contributed by atoms with Gasteiger partial charge in [0.2, 0.25) is 5.91 Å². The summed E-state index contributed by atoms with van der Waals surface area (Å²) in [6.07, 6.45) is 5.75. The molecule has 140 valence electrons. The fourth-order valence-electron chi connectivity index (χ4n) is 3.01. The molecule has 1 N–H and O–H groups in total. The molecule has 1 aromatic heterocycles. The molecular weight excluding hydrogens is 372 g/mol. The maximum absolute atomic E-state index is 12.2. The number of anilines is 1. The van der Waals surface area contributed by atoms with Gasteiger partial charge in [-0.25, -0.2) is 8.42 Å². The van der Waals surface area contributed by atoms with E-state index in [2.05, 4.69) is 19.0 Å². The van der Waals surface area contributed by atoms with Crippen molar-refractivity contribution in [2.75, 3.05) is 24.2 Å². The van der Waals surface area contributed by atoms with Crippen molar-refractivity contribution in [2.24, 2.45) is 0 Å². The summed E-state index contributed by atoms with van der Waals surface area (Å²) in [5.74, 6) is 0.947. The highest BCUT2D eigenvalue weighted by atomic mass is 32.2. The SMILES string of the molecule is CS(=O)(=O)c1ccc(CCC(=O)NC2CCN(c3cnsn3)CC2)cc1. The van der Waals surface area contributed by atoms with Crippen molar-refractivity contribution in [2.45, 2.75) is 36.6 Å². The Morgan fingerprint density at radius 3 is 2.54 bits per heavy atom. The van der Waals surface area contributed by atoms with Crippen LogP contribution in [-0.4, -0.2) is 48.5 Å². The number of carbonyl (C=O) groups excluding carboxylic acids is 1. The Morgan fingerprint density at radius 2 is 1.96 bits per heavy atom. The Hall–Kier alpha value is -2.00. The fraction of sp³-hybridized carbons (Fsp3) is 0.471. The van der Waals surface area contributed by atoms with Crippen molar-refractivity contribution in [3.63, 3.8) is 0 Å². The lowest BCUT2D eigenvalue weighted by molar-refractivity contribution is -0.121. The minimum absolute atomic E-state index is 0.0333. The second-order valence-corrected chi connectivity index (χ2v) is 9.08. The molecule has 9 heteroatoms. The number of aromatic nitrogens is 2. The highest BCUT2D eigenvalue weighted by molar-refractivity contribution is 7.90. The predicted molar refractivity (Wildman–Crippen MR) is 101 cm³/mol. The third-order valence-corrected chi connectivity index (χ3v) is 6.12. The van der Waals surface area contributed by atoms with Gasteiger partial charge >= 0.3 is 0 Å². The highest BCUT2D eigenvalue weighted by Crippen LogP contribution is 2.18. The first kappa shape index (κ1) is 18.8. The van der Waals surface area contributed by atoms with Gasteiger partial charge in [-0.15, -0.1) is 0 Å². The van der Waals surface area contributed by atoms with Crippen LogP contribution in [0.3, 0.4) is 0 Å². The van der Waals surface area contributed by atoms with E-state index in [1.165, 1.54) is 18.0 Å². The second-order valence-electron chi connectivity index (χ2n) is 6.51. The number of hydrogen-bond donors (Lipinski definition) is 1. The number of nitrogens with one attached hydrogen (secondary N) is 1. The van der Waals surface area contributed by atoms with Crippen LogP contribution in [0.1, 0.15) is 24.8 Å². The molecule has 1 aliphatic heterocycles. The molecule has 1 fully saturated rings. The van der Waals surface area contributed by atoms with E-state index in [9.17, 15) is 13.2 Å². The quantitative estimate of drug-likeness (QED) is 0.801. The maximum Gasteiger partial charge on any atom is 0.220 e. The average molecular weight is 395 g/mol. The molecule has 3 rings (SSSR count). The average Bonchev–Trinajstić information content (AvgIpc) is 3.15. The minimum Gasteiger partial charge on any atom is -0.354 e. The molecule has 0 saturated carbocycles. The molecule has 2 heterocycles. The lowest BCUT2D eigenvalue weighted by atomic mass is 10.0. The van der Waals surface area contributed by atoms with Crippen LogP contribution in [0, 0.1) is 0 Å². The van der Waals surface area contributed by atoms with Gasteiger partial charge in [-0.2, -0.15) is 8.75 Å². The number of carbonyl (C=O) groups is 1. The van der Waals surface area contributed by atoms with Crippen LogP contribution in [-0.2, 0) is 21.1 Å². The third-order valence-electron chi connectivity index (χ3n) is 4.53. The summed E-state index contributed by atoms with van der Waals surface area (Å²) in [6.45, 7) is 1.73. The molecule has 0 unspecified atom stereocenters. The molecule has 0 bridgehead atoms. The van der Waals surface area contributed by atoms with Gasteiger partial charge in [0.1, 0.15) is 0 Å². The molecule has 1 amide bonds. The van der Waals surface area contributed by atoms with Crippen LogP contribution in [0.15, 0.2) is 35.4 Å². The van der Waals surface area contributed by atoms with Gasteiger partial charge < -0.3 is 10.2 Å². The Bertz CT molecular complexity index is 827. The number of benzene rings is 1. The predicted octanol–water partition coefficient (Wildman–Crippen LogP) is 1.66. The zero-order valence-electron chi connectivity index (χ0n) is 14.6. The Kier molecular flexibility index (Phi) is 5.87. The van der Waals surface area contributed by atoms with E-state index in [-0.39, 0.29) is 11.9 Å². The van der Waals surface area contributed by atoms with Gasteiger partial charge in [-0.05, 0) is 37.0 Å². The van der Waals surface area contributed by atoms with Crippen molar-refractivity contribution in [1.82, 2.24) is 14.1 Å². The molecule has 7 nitrogen and oxygen atoms in total. The van der Waals surface area contributed by atoms with E-state index in [4.69, 9.17) is 0 Å². The summed E-state index contributed by atoms with van der Waals surface area (Å²) in [7, 11) is -3.18. The van der Waals surface area contributed by atoms with E-state index in [0.29, 0.717) is 17.7 Å². The van der Waals surface area contributed by atoms with Gasteiger partial charge in [0.05, 0.1) is 22.8 Å². The first-order valence-electron chi connectivity index (χ1n) is 8.53. The number of aryl methyl sites for hydroxylation is 1. The van der Waals surface area contributed by atoms with Crippen LogP contribution in [0.4, 0.5) is 5.82 Å². The minimum atomic E-state index is -3.18. The molecular formula is C17H22N4O3S2. The lowest BCUT2D eigenvalue weighted by Crippen LogP contribution is -2.44. The Labute approximate surface area is 157 Å². The molecule has 1 aliphatic rings. The molecule has 2 aromatic rings. The van der Waals surface area contributed by atoms with Crippen LogP contribution in [0.2, 0.25) is 0 Å². The van der Waals surface area contributed by atoms with Gasteiger partial charge in [0.25, 0.3) is 0 Å². The normalized spacial score (nSPS) is 15.8. The highest BCUT2D eigenvalue weighted by Gasteiger charge is 2.21. The van der Waals surface area contributed by atoms with Gasteiger partial charge in [0, 0.05) is 31.8 Å². The molecule has 0 spiro atoms. The molecule has 0 radical (unpaired) electrons. The number of nitrogens with zero attached hydrogens (tertiary/aromatic N) is 3. The number of rotatable bonds is 6. The maximum atomic E-state index is 12.2.